The molecule has 29 N–H and O–H groups in total. The van der Waals surface area contributed by atoms with Crippen LogP contribution in [0.25, 0.3) is 0 Å². The first-order valence-corrected chi connectivity index (χ1v) is 29.6. The lowest BCUT2D eigenvalue weighted by atomic mass is 10.0. The Morgan fingerprint density at radius 3 is 1.23 bits per heavy atom. The molecule has 1 aliphatic heterocycles. The minimum atomic E-state index is -1.61. The van der Waals surface area contributed by atoms with Gasteiger partial charge in [0, 0.05) is 39.0 Å². The molecule has 1 heterocycles. The molecular weight excluding hydrogens is 1150 g/mol. The molecule has 35 heteroatoms. The van der Waals surface area contributed by atoms with Gasteiger partial charge in [-0.3, -0.25) is 73.8 Å². The molecule has 0 saturated carbocycles. The zero-order chi connectivity index (χ0) is 66.8. The third-order valence-corrected chi connectivity index (χ3v) is 14.2. The summed E-state index contributed by atoms with van der Waals surface area (Å²) >= 11 is 0. The van der Waals surface area contributed by atoms with Crippen molar-refractivity contribution in [3.63, 3.8) is 0 Å². The molecule has 0 aromatic carbocycles. The van der Waals surface area contributed by atoms with Gasteiger partial charge in [0.2, 0.25) is 70.9 Å². The van der Waals surface area contributed by atoms with Gasteiger partial charge in [-0.1, -0.05) is 27.7 Å². The Morgan fingerprint density at radius 2 is 0.830 bits per heavy atom. The van der Waals surface area contributed by atoms with Crippen LogP contribution in [-0.4, -0.2) is 194 Å². The third kappa shape index (κ3) is 29.6. The zero-order valence-electron chi connectivity index (χ0n) is 51.5. The van der Waals surface area contributed by atoms with Crippen molar-refractivity contribution in [2.24, 2.45) is 52.0 Å². The first-order valence-electron chi connectivity index (χ1n) is 29.6. The van der Waals surface area contributed by atoms with Gasteiger partial charge < -0.3 is 109 Å². The standard InChI is InChI=1S/C53H99N23O12/c1-27(2)39(41(57)79)74-47(85)32(15-10-24-66-52(60)61)73-49(87)40(28(3)4)75-42(80)29(5)68-43(81)30(13-7-8-22-54)69-45(83)33(18-20-37(55)77)71-44(82)31(14-9-23-65-51(58)59)70-46(84)34(19-21-38(56)78)72-48(86)36-17-12-26-76(36)50(88)35(64-6)16-11-25-67-53(62)63/h27-36,39-40,64H,7-26,54H2,1-6H3,(H2,55,77)(H2,56,78)(H2,57,79)(H,68,81)(H,69,83)(H,70,84)(H,71,82)(H,72,86)(H,73,87)(H,74,85)(H,75,80)(H4,58,59,65)(H4,60,61,66)(H4,62,63,67)/t29-,30-,31-,32-,33-,34-,35-,36-,39-,40-/m0/s1. The van der Waals surface area contributed by atoms with E-state index in [1.807, 2.05) is 0 Å². The number of nitrogens with two attached hydrogens (primary N) is 7. The van der Waals surface area contributed by atoms with E-state index >= 15 is 0 Å². The summed E-state index contributed by atoms with van der Waals surface area (Å²) in [6.07, 6.45) is 0.525. The van der Waals surface area contributed by atoms with E-state index < -0.39 is 162 Å². The SMILES string of the molecule is CN[C@@H](CCCNC(=N)N)C(=O)N1CCC[C@H]1C(=O)N[C@@H](CCC(N)=O)C(=O)N[C@@H](CCCNC(=N)N)C(=O)N[C@@H](CCC(N)=O)C(=O)N[C@@H](CCCCN)C(=O)N[C@@H](C)C(=O)N[C@H](C(=O)N[C@@H](CCCNC(=N)N)C(=O)N[C@H](C(N)=O)C(C)C)C(C)C. The second kappa shape index (κ2) is 40.7. The fraction of sp³-hybridized carbons (Fsp3) is 0.717. The molecular formula is C53H99N23O12. The predicted octanol–water partition coefficient (Wildman–Crippen LogP) is -7.29. The first kappa shape index (κ1) is 77.4. The van der Waals surface area contributed by atoms with Crippen molar-refractivity contribution >= 4 is 88.8 Å². The highest BCUT2D eigenvalue weighted by Crippen LogP contribution is 2.21. The largest absolute Gasteiger partial charge is 0.370 e. The van der Waals surface area contributed by atoms with E-state index in [4.69, 9.17) is 56.4 Å². The quantitative estimate of drug-likeness (QED) is 0.0153. The predicted molar refractivity (Wildman–Crippen MR) is 325 cm³/mol. The number of likely N-dealkylation sites (N-methyl/N-ethyl adjacent to an activating group) is 1. The van der Waals surface area contributed by atoms with Gasteiger partial charge in [-0.25, -0.2) is 0 Å². The smallest absolute Gasteiger partial charge is 0.243 e. The number of likely N-dealkylation sites (tertiary alicyclic amines) is 1. The van der Waals surface area contributed by atoms with E-state index in [-0.39, 0.29) is 95.4 Å². The number of hydrogen-bond acceptors (Lipinski definition) is 17. The number of guanidine groups is 3. The van der Waals surface area contributed by atoms with E-state index in [2.05, 4.69) is 63.8 Å². The lowest BCUT2D eigenvalue weighted by molar-refractivity contribution is -0.141. The van der Waals surface area contributed by atoms with Crippen LogP contribution in [0.4, 0.5) is 0 Å². The summed E-state index contributed by atoms with van der Waals surface area (Å²) in [7, 11) is 1.58. The monoisotopic (exact) mass is 1250 g/mol. The Morgan fingerprint density at radius 1 is 0.455 bits per heavy atom. The number of unbranched alkanes of at least 4 members (excludes halogenated alkanes) is 1. The van der Waals surface area contributed by atoms with Crippen LogP contribution in [0.1, 0.15) is 131 Å². The molecule has 35 nitrogen and oxygen atoms in total. The van der Waals surface area contributed by atoms with Crippen molar-refractivity contribution in [1.29, 1.82) is 16.2 Å². The van der Waals surface area contributed by atoms with Gasteiger partial charge in [0.1, 0.15) is 54.4 Å². The molecule has 88 heavy (non-hydrogen) atoms. The lowest BCUT2D eigenvalue weighted by Crippen LogP contribution is -2.61. The van der Waals surface area contributed by atoms with Crippen LogP contribution < -0.4 is 104 Å². The minimum absolute atomic E-state index is 0.00501. The molecule has 0 aromatic rings. The molecule has 1 rings (SSSR count). The Labute approximate surface area is 512 Å². The molecule has 0 aromatic heterocycles. The van der Waals surface area contributed by atoms with Crippen LogP contribution in [0.15, 0.2) is 0 Å². The maximum Gasteiger partial charge on any atom is 0.243 e. The lowest BCUT2D eigenvalue weighted by Gasteiger charge is -2.30. The Bertz CT molecular complexity index is 2410. The number of primary amides is 3. The molecule has 0 radical (unpaired) electrons. The first-order chi connectivity index (χ1) is 41.3. The van der Waals surface area contributed by atoms with E-state index in [1.165, 1.54) is 11.8 Å². The number of carbonyl (C=O) groups excluding carboxylic acids is 12. The topological polar surface area (TPSA) is 606 Å². The van der Waals surface area contributed by atoms with E-state index in [1.54, 1.807) is 34.7 Å². The highest BCUT2D eigenvalue weighted by molar-refractivity contribution is 5.99. The molecule has 1 aliphatic rings. The second-order valence-electron chi connectivity index (χ2n) is 22.2. The Balaban J connectivity index is 3.51. The summed E-state index contributed by atoms with van der Waals surface area (Å²) < 4.78 is 0. The summed E-state index contributed by atoms with van der Waals surface area (Å²) in [5, 5.41) is 53.7. The molecule has 1 fully saturated rings. The van der Waals surface area contributed by atoms with E-state index in [9.17, 15) is 57.5 Å². The number of rotatable bonds is 43. The van der Waals surface area contributed by atoms with Crippen molar-refractivity contribution < 1.29 is 57.5 Å². The summed E-state index contributed by atoms with van der Waals surface area (Å²) in [4.78, 5) is 164. The van der Waals surface area contributed by atoms with E-state index in [0.717, 1.165) is 0 Å². The maximum atomic E-state index is 14.4. The number of amides is 12. The number of nitrogens with one attached hydrogen (secondary N) is 15. The van der Waals surface area contributed by atoms with Crippen molar-refractivity contribution in [1.82, 2.24) is 68.7 Å². The number of nitrogens with zero attached hydrogens (tertiary/aromatic N) is 1. The van der Waals surface area contributed by atoms with Crippen LogP contribution in [0.2, 0.25) is 0 Å². The second-order valence-corrected chi connectivity index (χ2v) is 22.2. The number of carbonyl (C=O) groups is 12. The molecule has 0 aliphatic carbocycles. The fourth-order valence-electron chi connectivity index (χ4n) is 9.25. The molecule has 0 unspecified atom stereocenters. The molecule has 0 bridgehead atoms. The minimum Gasteiger partial charge on any atom is -0.370 e. The van der Waals surface area contributed by atoms with Gasteiger partial charge in [-0.15, -0.1) is 0 Å². The van der Waals surface area contributed by atoms with Crippen LogP contribution in [0, 0.1) is 28.1 Å². The fourth-order valence-corrected chi connectivity index (χ4v) is 9.25. The van der Waals surface area contributed by atoms with Crippen molar-refractivity contribution in [3.8, 4) is 0 Å². The molecule has 0 spiro atoms. The van der Waals surface area contributed by atoms with Gasteiger partial charge in [0.15, 0.2) is 17.9 Å². The number of hydrogen-bond donors (Lipinski definition) is 22. The van der Waals surface area contributed by atoms with Gasteiger partial charge in [-0.05, 0) is 116 Å². The van der Waals surface area contributed by atoms with Crippen molar-refractivity contribution in [3.05, 3.63) is 0 Å². The van der Waals surface area contributed by atoms with Gasteiger partial charge in [0.25, 0.3) is 0 Å². The molecule has 1 saturated heterocycles. The maximum absolute atomic E-state index is 14.4. The van der Waals surface area contributed by atoms with Gasteiger partial charge >= 0.3 is 0 Å². The van der Waals surface area contributed by atoms with E-state index in [0.29, 0.717) is 32.2 Å². The zero-order valence-corrected chi connectivity index (χ0v) is 51.5. The third-order valence-electron chi connectivity index (χ3n) is 14.2. The molecule has 10 atom stereocenters. The van der Waals surface area contributed by atoms with Gasteiger partial charge in [-0.2, -0.15) is 0 Å². The highest BCUT2D eigenvalue weighted by Gasteiger charge is 2.40. The summed E-state index contributed by atoms with van der Waals surface area (Å²) in [5.74, 6) is -11.8. The van der Waals surface area contributed by atoms with Crippen molar-refractivity contribution in [2.45, 2.75) is 191 Å². The van der Waals surface area contributed by atoms with Gasteiger partial charge in [0.05, 0.1) is 6.04 Å². The molecule has 498 valence electrons. The van der Waals surface area contributed by atoms with Crippen molar-refractivity contribution in [2.75, 3.05) is 39.8 Å². The molecule has 12 amide bonds. The van der Waals surface area contributed by atoms with Crippen LogP contribution in [-0.2, 0) is 57.5 Å². The highest BCUT2D eigenvalue weighted by atomic mass is 16.2. The normalized spacial score (nSPS) is 15.8. The summed E-state index contributed by atoms with van der Waals surface area (Å²) in [5.41, 5.74) is 38.4. The summed E-state index contributed by atoms with van der Waals surface area (Å²) in [6, 6.07) is -12.8. The Hall–Kier alpha value is -8.63. The average Bonchev–Trinajstić information content (AvgIpc) is 3.94. The van der Waals surface area contributed by atoms with Crippen LogP contribution >= 0.6 is 0 Å². The van der Waals surface area contributed by atoms with Crippen LogP contribution in [0.3, 0.4) is 0 Å². The summed E-state index contributed by atoms with van der Waals surface area (Å²) in [6.45, 7) is 8.77. The van der Waals surface area contributed by atoms with Crippen LogP contribution in [0.5, 0.6) is 0 Å². The Kier molecular flexibility index (Phi) is 35.8. The average molecular weight is 1250 g/mol.